The molecule has 36 heavy (non-hydrogen) atoms. The summed E-state index contributed by atoms with van der Waals surface area (Å²) in [5, 5.41) is 23.3. The molecule has 15 heteroatoms. The van der Waals surface area contributed by atoms with Crippen molar-refractivity contribution in [2.24, 2.45) is 0 Å². The first kappa shape index (κ1) is 28.8. The van der Waals surface area contributed by atoms with E-state index in [4.69, 9.17) is 9.47 Å². The normalized spacial score (nSPS) is 13.8. The number of halogens is 3. The van der Waals surface area contributed by atoms with E-state index in [0.29, 0.717) is 18.2 Å². The van der Waals surface area contributed by atoms with Crippen molar-refractivity contribution in [3.05, 3.63) is 75.3 Å². The average molecular weight is 534 g/mol. The number of amides is 1. The fraction of sp³-hybridized carbons (Fsp3) is 0.333. The lowest BCUT2D eigenvalue weighted by Crippen LogP contribution is -2.28. The van der Waals surface area contributed by atoms with Gasteiger partial charge in [-0.15, -0.1) is 0 Å². The minimum absolute atomic E-state index is 0.00315. The number of hydrogen-bond donors (Lipinski definition) is 3. The molecule has 0 aliphatic rings. The highest BCUT2D eigenvalue weighted by Crippen LogP contribution is 2.55. The summed E-state index contributed by atoms with van der Waals surface area (Å²) in [7, 11) is -4.49. The van der Waals surface area contributed by atoms with Crippen LogP contribution < -0.4 is 5.32 Å². The number of carbonyl (C=O) groups excluding carboxylic acids is 2. The number of carbonyl (C=O) groups is 2. The Kier molecular flexibility index (Phi) is 9.96. The molecule has 2 aromatic carbocycles. The van der Waals surface area contributed by atoms with Crippen LogP contribution in [-0.2, 0) is 31.6 Å². The number of aliphatic hydroxyl groups is 1. The maximum atomic E-state index is 12.9. The number of benzene rings is 2. The number of rotatable bonds is 11. The molecule has 2 aromatic rings. The van der Waals surface area contributed by atoms with Crippen molar-refractivity contribution in [2.75, 3.05) is 12.9 Å². The second-order valence-electron chi connectivity index (χ2n) is 7.39. The van der Waals surface area contributed by atoms with E-state index in [1.54, 1.807) is 30.3 Å². The van der Waals surface area contributed by atoms with E-state index in [9.17, 15) is 47.4 Å². The Balaban J connectivity index is 1.80. The molecular formula is C21H22F3N2O9P. The quantitative estimate of drug-likeness (QED) is 0.127. The third kappa shape index (κ3) is 8.63. The maximum Gasteiger partial charge on any atom is 0.422 e. The molecule has 0 spiro atoms. The molecule has 1 unspecified atom stereocenters. The summed E-state index contributed by atoms with van der Waals surface area (Å²) in [6.07, 6.45) is -7.16. The average Bonchev–Trinajstić information content (AvgIpc) is 2.81. The van der Waals surface area contributed by atoms with E-state index < -0.39 is 66.1 Å². The van der Waals surface area contributed by atoms with Gasteiger partial charge in [0.15, 0.2) is 12.6 Å². The number of nitro groups is 1. The highest BCUT2D eigenvalue weighted by atomic mass is 31.2. The standard InChI is InChI=1S/C21H22F3N2O9P/c22-21(23,24)16-9-8-15(11-17(16)26(30)31)19(28)36(32,33)10-4-7-18(27)35-13-25-20(29)34-12-14-5-2-1-3-6-14/h1-3,5-6,8-9,11,19,28H,4,7,10,12-13H2,(H,25,29)(H,32,33)/t19-/m0/s1. The summed E-state index contributed by atoms with van der Waals surface area (Å²) in [5.74, 6) is -3.06. The lowest BCUT2D eigenvalue weighted by Gasteiger charge is -2.19. The zero-order valence-corrected chi connectivity index (χ0v) is 19.4. The second-order valence-corrected chi connectivity index (χ2v) is 9.83. The summed E-state index contributed by atoms with van der Waals surface area (Å²) >= 11 is 0. The first-order valence-electron chi connectivity index (χ1n) is 10.3. The van der Waals surface area contributed by atoms with E-state index >= 15 is 0 Å². The zero-order chi connectivity index (χ0) is 26.9. The molecule has 11 nitrogen and oxygen atoms in total. The largest absolute Gasteiger partial charge is 0.445 e. The predicted molar refractivity (Wildman–Crippen MR) is 118 cm³/mol. The van der Waals surface area contributed by atoms with Crippen LogP contribution in [0.1, 0.15) is 35.4 Å². The van der Waals surface area contributed by atoms with Gasteiger partial charge in [-0.3, -0.25) is 24.8 Å². The van der Waals surface area contributed by atoms with E-state index in [1.165, 1.54) is 0 Å². The molecule has 0 aliphatic carbocycles. The molecule has 196 valence electrons. The van der Waals surface area contributed by atoms with Gasteiger partial charge in [0.2, 0.25) is 7.37 Å². The molecule has 0 aliphatic heterocycles. The molecule has 0 bridgehead atoms. The topological polar surface area (TPSA) is 165 Å². The van der Waals surface area contributed by atoms with Crippen molar-refractivity contribution in [3.63, 3.8) is 0 Å². The summed E-state index contributed by atoms with van der Waals surface area (Å²) in [6.45, 7) is -0.530. The zero-order valence-electron chi connectivity index (χ0n) is 18.5. The van der Waals surface area contributed by atoms with E-state index in [-0.39, 0.29) is 19.4 Å². The number of hydrogen-bond acceptors (Lipinski definition) is 8. The van der Waals surface area contributed by atoms with Gasteiger partial charge in [-0.05, 0) is 23.6 Å². The first-order valence-corrected chi connectivity index (χ1v) is 12.2. The number of nitrogens with zero attached hydrogens (tertiary/aromatic N) is 1. The highest BCUT2D eigenvalue weighted by molar-refractivity contribution is 7.58. The summed E-state index contributed by atoms with van der Waals surface area (Å²) < 4.78 is 60.8. The smallest absolute Gasteiger partial charge is 0.422 e. The summed E-state index contributed by atoms with van der Waals surface area (Å²) in [5.41, 5.74) is -2.76. The summed E-state index contributed by atoms with van der Waals surface area (Å²) in [6, 6.07) is 10.2. The molecule has 1 amide bonds. The van der Waals surface area contributed by atoms with Gasteiger partial charge in [0.25, 0.3) is 5.69 Å². The van der Waals surface area contributed by atoms with E-state index in [2.05, 4.69) is 5.32 Å². The third-order valence-electron chi connectivity index (χ3n) is 4.73. The van der Waals surface area contributed by atoms with Crippen molar-refractivity contribution in [3.8, 4) is 0 Å². The maximum absolute atomic E-state index is 12.9. The van der Waals surface area contributed by atoms with Crippen LogP contribution in [0.2, 0.25) is 0 Å². The van der Waals surface area contributed by atoms with E-state index in [0.717, 1.165) is 5.56 Å². The fourth-order valence-electron chi connectivity index (χ4n) is 2.93. The molecule has 2 rings (SSSR count). The number of ether oxygens (including phenoxy) is 2. The van der Waals surface area contributed by atoms with Crippen LogP contribution in [-0.4, -0.2) is 39.9 Å². The van der Waals surface area contributed by atoms with Crippen molar-refractivity contribution < 1.29 is 51.7 Å². The number of nitrogens with one attached hydrogen (secondary N) is 1. The van der Waals surface area contributed by atoms with Crippen LogP contribution in [0.15, 0.2) is 48.5 Å². The number of alkyl halides is 3. The molecule has 0 heterocycles. The van der Waals surface area contributed by atoms with Gasteiger partial charge in [-0.1, -0.05) is 36.4 Å². The van der Waals surface area contributed by atoms with Gasteiger partial charge in [0.05, 0.1) is 4.92 Å². The Hall–Kier alpha value is -3.48. The predicted octanol–water partition coefficient (Wildman–Crippen LogP) is 4.08. The number of nitro benzene ring substituents is 1. The van der Waals surface area contributed by atoms with Crippen molar-refractivity contribution in [1.82, 2.24) is 5.32 Å². The third-order valence-corrected chi connectivity index (χ3v) is 6.75. The fourth-order valence-corrected chi connectivity index (χ4v) is 4.41. The van der Waals surface area contributed by atoms with Crippen LogP contribution in [0.4, 0.5) is 23.7 Å². The molecule has 0 aromatic heterocycles. The SMILES string of the molecule is O=C(CCCP(=O)(O)[C@H](O)c1ccc(C(F)(F)F)c([N+](=O)[O-])c1)OCNC(=O)OCc1ccccc1. The van der Waals surface area contributed by atoms with Crippen LogP contribution in [0.25, 0.3) is 0 Å². The van der Waals surface area contributed by atoms with Gasteiger partial charge in [-0.2, -0.15) is 13.2 Å². The Morgan fingerprint density at radius 3 is 2.42 bits per heavy atom. The van der Waals surface area contributed by atoms with Crippen molar-refractivity contribution >= 4 is 25.1 Å². The second kappa shape index (κ2) is 12.5. The van der Waals surface area contributed by atoms with Crippen LogP contribution in [0.5, 0.6) is 0 Å². The van der Waals surface area contributed by atoms with Gasteiger partial charge < -0.3 is 19.5 Å². The Labute approximate surface area is 202 Å². The number of esters is 1. The minimum atomic E-state index is -5.04. The Morgan fingerprint density at radius 2 is 1.81 bits per heavy atom. The first-order chi connectivity index (χ1) is 16.8. The molecule has 3 N–H and O–H groups in total. The van der Waals surface area contributed by atoms with Gasteiger partial charge >= 0.3 is 18.2 Å². The molecule has 0 saturated carbocycles. The number of aliphatic hydroxyl groups excluding tert-OH is 1. The van der Waals surface area contributed by atoms with Crippen molar-refractivity contribution in [1.29, 1.82) is 0 Å². The van der Waals surface area contributed by atoms with Crippen molar-refractivity contribution in [2.45, 2.75) is 31.5 Å². The van der Waals surface area contributed by atoms with Crippen LogP contribution in [0, 0.1) is 10.1 Å². The summed E-state index contributed by atoms with van der Waals surface area (Å²) in [4.78, 5) is 43.1. The minimum Gasteiger partial charge on any atom is -0.445 e. The van der Waals surface area contributed by atoms with Gasteiger partial charge in [0, 0.05) is 18.6 Å². The Morgan fingerprint density at radius 1 is 1.14 bits per heavy atom. The lowest BCUT2D eigenvalue weighted by atomic mass is 10.1. The van der Waals surface area contributed by atoms with Crippen LogP contribution >= 0.6 is 7.37 Å². The lowest BCUT2D eigenvalue weighted by molar-refractivity contribution is -0.388. The molecular weight excluding hydrogens is 512 g/mol. The molecule has 0 fully saturated rings. The van der Waals surface area contributed by atoms with E-state index in [1.807, 2.05) is 0 Å². The Bertz CT molecular complexity index is 1130. The molecule has 0 saturated heterocycles. The molecule has 2 atom stereocenters. The molecule has 0 radical (unpaired) electrons. The number of alkyl carbamates (subject to hydrolysis) is 1. The van der Waals surface area contributed by atoms with Gasteiger partial charge in [-0.25, -0.2) is 4.79 Å². The van der Waals surface area contributed by atoms with Gasteiger partial charge in [0.1, 0.15) is 12.2 Å². The highest BCUT2D eigenvalue weighted by Gasteiger charge is 2.40. The van der Waals surface area contributed by atoms with Crippen LogP contribution in [0.3, 0.4) is 0 Å². The monoisotopic (exact) mass is 534 g/mol.